The molecule has 8 heteroatoms. The van der Waals surface area contributed by atoms with Gasteiger partial charge in [-0.05, 0) is 18.2 Å². The van der Waals surface area contributed by atoms with E-state index in [1.165, 1.54) is 14.1 Å². The Morgan fingerprint density at radius 2 is 1.65 bits per heavy atom. The van der Waals surface area contributed by atoms with Crippen LogP contribution in [0, 0.1) is 0 Å². The van der Waals surface area contributed by atoms with E-state index in [-0.39, 0.29) is 12.1 Å². The maximum Gasteiger partial charge on any atom is 0.310 e. The summed E-state index contributed by atoms with van der Waals surface area (Å²) in [6.45, 7) is 0. The first-order chi connectivity index (χ1) is 7.31. The van der Waals surface area contributed by atoms with E-state index in [1.54, 1.807) is 0 Å². The molecule has 0 saturated heterocycles. The summed E-state index contributed by atoms with van der Waals surface area (Å²) in [5.74, 6) is -0.770. The second-order valence-electron chi connectivity index (χ2n) is 3.70. The minimum atomic E-state index is -9.72. The van der Waals surface area contributed by atoms with Crippen molar-refractivity contribution in [2.75, 3.05) is 14.1 Å². The highest BCUT2D eigenvalue weighted by molar-refractivity contribution is 8.45. The second-order valence-corrected chi connectivity index (χ2v) is 6.11. The lowest BCUT2D eigenvalue weighted by atomic mass is 10.2. The van der Waals surface area contributed by atoms with Crippen LogP contribution in [-0.2, 0) is 0 Å². The predicted molar refractivity (Wildman–Crippen MR) is 55.9 cm³/mol. The Bertz CT molecular complexity index is 467. The number of amides is 1. The van der Waals surface area contributed by atoms with Crippen molar-refractivity contribution in [3.8, 4) is 0 Å². The predicted octanol–water partition coefficient (Wildman–Crippen LogP) is 4.05. The fraction of sp³-hybridized carbons (Fsp3) is 0.222. The lowest BCUT2D eigenvalue weighted by Gasteiger charge is -2.40. The Kier molecular flexibility index (Phi) is 2.53. The number of carbonyl (C=O) groups excluding carboxylic acids is 1. The quantitative estimate of drug-likeness (QED) is 0.746. The van der Waals surface area contributed by atoms with E-state index >= 15 is 0 Å². The molecule has 0 spiro atoms. The molecule has 1 rings (SSSR count). The largest absolute Gasteiger partial charge is 0.345 e. The zero-order valence-corrected chi connectivity index (χ0v) is 9.78. The molecule has 0 N–H and O–H groups in total. The van der Waals surface area contributed by atoms with Gasteiger partial charge < -0.3 is 4.90 Å². The summed E-state index contributed by atoms with van der Waals surface area (Å²) in [7, 11) is -7.09. The summed E-state index contributed by atoms with van der Waals surface area (Å²) in [4.78, 5) is 10.3. The summed E-state index contributed by atoms with van der Waals surface area (Å²) in [5.41, 5.74) is -0.430. The molecule has 98 valence electrons. The normalized spacial score (nSPS) is 15.9. The Morgan fingerprint density at radius 3 is 2.06 bits per heavy atom. The zero-order chi connectivity index (χ0) is 13.5. The molecular weight excluding hydrogens is 265 g/mol. The van der Waals surface area contributed by atoms with Crippen molar-refractivity contribution in [3.05, 3.63) is 29.8 Å². The lowest BCUT2D eigenvalue weighted by molar-refractivity contribution is 0.0827. The minimum Gasteiger partial charge on any atom is -0.345 e. The van der Waals surface area contributed by atoms with Gasteiger partial charge in [0, 0.05) is 19.7 Å². The Balaban J connectivity index is 3.35. The summed E-state index contributed by atoms with van der Waals surface area (Å²) in [5, 5.41) is 0. The van der Waals surface area contributed by atoms with Crippen molar-refractivity contribution in [3.63, 3.8) is 0 Å². The number of hydrogen-bond acceptors (Lipinski definition) is 1. The van der Waals surface area contributed by atoms with Crippen LogP contribution in [0.1, 0.15) is 10.4 Å². The molecule has 0 radical (unpaired) electrons. The van der Waals surface area contributed by atoms with Crippen molar-refractivity contribution in [2.24, 2.45) is 0 Å². The van der Waals surface area contributed by atoms with E-state index in [2.05, 4.69) is 0 Å². The van der Waals surface area contributed by atoms with Gasteiger partial charge in [0.2, 0.25) is 0 Å². The summed E-state index contributed by atoms with van der Waals surface area (Å²) < 4.78 is 62.3. The van der Waals surface area contributed by atoms with Crippen LogP contribution in [0.3, 0.4) is 0 Å². The minimum absolute atomic E-state index is 0.171. The molecule has 2 nitrogen and oxygen atoms in total. The maximum atomic E-state index is 12.5. The van der Waals surface area contributed by atoms with Gasteiger partial charge in [0.15, 0.2) is 0 Å². The molecule has 0 aliphatic rings. The molecule has 0 aliphatic heterocycles. The van der Waals surface area contributed by atoms with E-state index < -0.39 is 26.6 Å². The van der Waals surface area contributed by atoms with Gasteiger partial charge in [-0.25, -0.2) is 0 Å². The van der Waals surface area contributed by atoms with Gasteiger partial charge in [0.25, 0.3) is 5.91 Å². The summed E-state index contributed by atoms with van der Waals surface area (Å²) in [6.07, 6.45) is 0. The fourth-order valence-electron chi connectivity index (χ4n) is 1.13. The summed E-state index contributed by atoms with van der Waals surface area (Å²) in [6, 6.07) is 2.26. The van der Waals surface area contributed by atoms with Crippen LogP contribution in [0.2, 0.25) is 0 Å². The number of benzene rings is 1. The van der Waals surface area contributed by atoms with Crippen LogP contribution >= 0.6 is 10.2 Å². The fourth-order valence-corrected chi connectivity index (χ4v) is 1.81. The van der Waals surface area contributed by atoms with Gasteiger partial charge in [-0.1, -0.05) is 25.5 Å². The molecule has 0 atom stereocenters. The molecule has 0 saturated carbocycles. The SMILES string of the molecule is CN(C)C(=O)c1cccc(S(F)(F)(F)(F)F)c1. The molecule has 1 amide bonds. The molecule has 0 unspecified atom stereocenters. The zero-order valence-electron chi connectivity index (χ0n) is 8.96. The Hall–Kier alpha value is -1.31. The van der Waals surface area contributed by atoms with Crippen LogP contribution in [0.15, 0.2) is 29.2 Å². The second kappa shape index (κ2) is 3.12. The van der Waals surface area contributed by atoms with Crippen molar-refractivity contribution in [2.45, 2.75) is 4.90 Å². The monoisotopic (exact) mass is 275 g/mol. The molecule has 1 aromatic carbocycles. The highest BCUT2D eigenvalue weighted by atomic mass is 32.5. The van der Waals surface area contributed by atoms with Gasteiger partial charge >= 0.3 is 10.2 Å². The average molecular weight is 275 g/mol. The number of rotatable bonds is 2. The van der Waals surface area contributed by atoms with Crippen molar-refractivity contribution < 1.29 is 24.2 Å². The van der Waals surface area contributed by atoms with Gasteiger partial charge in [0.05, 0.1) is 0 Å². The van der Waals surface area contributed by atoms with Crippen LogP contribution in [0.5, 0.6) is 0 Å². The highest BCUT2D eigenvalue weighted by Gasteiger charge is 2.65. The first kappa shape index (κ1) is 13.8. The highest BCUT2D eigenvalue weighted by Crippen LogP contribution is 3.02. The average Bonchev–Trinajstić information content (AvgIpc) is 2.13. The van der Waals surface area contributed by atoms with Gasteiger partial charge in [-0.3, -0.25) is 4.79 Å². The molecule has 0 heterocycles. The van der Waals surface area contributed by atoms with Gasteiger partial charge in [-0.2, -0.15) is 0 Å². The third-order valence-electron chi connectivity index (χ3n) is 1.93. The number of hydrogen-bond donors (Lipinski definition) is 0. The van der Waals surface area contributed by atoms with Crippen LogP contribution in [-0.4, -0.2) is 24.9 Å². The van der Waals surface area contributed by atoms with E-state index in [0.29, 0.717) is 0 Å². The lowest BCUT2D eigenvalue weighted by Crippen LogP contribution is -2.22. The molecular formula is C9H10F5NOS. The van der Waals surface area contributed by atoms with E-state index in [4.69, 9.17) is 0 Å². The Morgan fingerprint density at radius 1 is 1.12 bits per heavy atom. The first-order valence-electron chi connectivity index (χ1n) is 4.37. The van der Waals surface area contributed by atoms with Gasteiger partial charge in [-0.15, -0.1) is 0 Å². The number of halogens is 5. The smallest absolute Gasteiger partial charge is 0.310 e. The van der Waals surface area contributed by atoms with Crippen LogP contribution < -0.4 is 0 Å². The molecule has 0 aliphatic carbocycles. The molecule has 17 heavy (non-hydrogen) atoms. The third kappa shape index (κ3) is 3.32. The van der Waals surface area contributed by atoms with Gasteiger partial charge in [0.1, 0.15) is 4.90 Å². The van der Waals surface area contributed by atoms with Crippen LogP contribution in [0.25, 0.3) is 0 Å². The standard InChI is InChI=1S/C9H10F5NOS/c1-15(2)9(16)7-4-3-5-8(6-7)17(10,11,12,13)14/h3-6H,1-2H3. The molecule has 0 bridgehead atoms. The third-order valence-corrected chi connectivity index (χ3v) is 3.08. The van der Waals surface area contributed by atoms with Crippen molar-refractivity contribution >= 4 is 16.1 Å². The topological polar surface area (TPSA) is 20.3 Å². The van der Waals surface area contributed by atoms with E-state index in [0.717, 1.165) is 17.0 Å². The number of nitrogens with zero attached hydrogens (tertiary/aromatic N) is 1. The van der Waals surface area contributed by atoms with E-state index in [1.807, 2.05) is 0 Å². The maximum absolute atomic E-state index is 12.5. The Labute approximate surface area is 94.7 Å². The first-order valence-corrected chi connectivity index (χ1v) is 6.32. The van der Waals surface area contributed by atoms with E-state index in [9.17, 15) is 24.2 Å². The van der Waals surface area contributed by atoms with Crippen molar-refractivity contribution in [1.82, 2.24) is 4.90 Å². The number of carbonyl (C=O) groups is 1. The molecule has 1 aromatic rings. The summed E-state index contributed by atoms with van der Waals surface area (Å²) >= 11 is 0. The molecule has 0 fully saturated rings. The van der Waals surface area contributed by atoms with Crippen molar-refractivity contribution in [1.29, 1.82) is 0 Å². The van der Waals surface area contributed by atoms with Crippen LogP contribution in [0.4, 0.5) is 19.4 Å². The molecule has 0 aromatic heterocycles.